The van der Waals surface area contributed by atoms with Gasteiger partial charge in [0.25, 0.3) is 5.91 Å². The molecule has 0 saturated heterocycles. The Morgan fingerprint density at radius 1 is 0.889 bits per heavy atom. The molecular formula is C22H20N2O3. The highest BCUT2D eigenvalue weighted by Crippen LogP contribution is 2.27. The Labute approximate surface area is 165 Å². The van der Waals surface area contributed by atoms with Gasteiger partial charge in [0.2, 0.25) is 0 Å². The number of carbonyl (C=O) groups is 1. The van der Waals surface area contributed by atoms with Gasteiger partial charge < -0.3 is 20.1 Å². The fourth-order valence-corrected chi connectivity index (χ4v) is 2.77. The van der Waals surface area contributed by atoms with Crippen LogP contribution in [0.25, 0.3) is 0 Å². The molecule has 5 heteroatoms. The van der Waals surface area contributed by atoms with Crippen molar-refractivity contribution in [1.82, 2.24) is 5.32 Å². The molecule has 1 heterocycles. The molecule has 3 aromatic carbocycles. The number of nitrogens with one attached hydrogen (secondary N) is 2. The molecule has 0 fully saturated rings. The summed E-state index contributed by atoms with van der Waals surface area (Å²) in [7, 11) is 0. The molecule has 4 rings (SSSR count). The number of anilines is 1. The van der Waals surface area contributed by atoms with Crippen LogP contribution in [0.2, 0.25) is 0 Å². The number of ether oxygens (including phenoxy) is 2. The Balaban J connectivity index is 1.39. The molecule has 3 aromatic rings. The van der Waals surface area contributed by atoms with E-state index in [9.17, 15) is 4.79 Å². The Bertz CT molecular complexity index is 1160. The summed E-state index contributed by atoms with van der Waals surface area (Å²) in [6.45, 7) is 0.0862. The normalized spacial score (nSPS) is 17.9. The lowest BCUT2D eigenvalue weighted by Gasteiger charge is -2.28. The van der Waals surface area contributed by atoms with Crippen LogP contribution in [0.15, 0.2) is 78.7 Å². The van der Waals surface area contributed by atoms with Gasteiger partial charge in [0, 0.05) is 5.69 Å². The summed E-state index contributed by atoms with van der Waals surface area (Å²) < 4.78 is 49.8. The van der Waals surface area contributed by atoms with Crippen LogP contribution in [0, 0.1) is 0 Å². The summed E-state index contributed by atoms with van der Waals surface area (Å²) in [5.41, 5.74) is 2.14. The van der Waals surface area contributed by atoms with E-state index in [4.69, 9.17) is 16.3 Å². The van der Waals surface area contributed by atoms with Gasteiger partial charge in [-0.05, 0) is 41.9 Å². The van der Waals surface area contributed by atoms with E-state index in [2.05, 4.69) is 10.6 Å². The second-order valence-electron chi connectivity index (χ2n) is 5.82. The fourth-order valence-electron chi connectivity index (χ4n) is 2.77. The van der Waals surface area contributed by atoms with Gasteiger partial charge >= 0.3 is 0 Å². The zero-order chi connectivity index (χ0) is 22.8. The van der Waals surface area contributed by atoms with Gasteiger partial charge in [0.1, 0.15) is 30.9 Å². The van der Waals surface area contributed by atoms with Crippen LogP contribution in [0.3, 0.4) is 0 Å². The van der Waals surface area contributed by atoms with E-state index in [1.807, 2.05) is 18.2 Å². The molecule has 1 atom stereocenters. The van der Waals surface area contributed by atoms with Crippen LogP contribution in [0.5, 0.6) is 11.5 Å². The first-order valence-electron chi connectivity index (χ1n) is 11.0. The zero-order valence-electron chi connectivity index (χ0n) is 19.3. The monoisotopic (exact) mass is 365 g/mol. The van der Waals surface area contributed by atoms with Crippen molar-refractivity contribution in [2.45, 2.75) is 6.17 Å². The molecule has 0 radical (unpaired) electrons. The minimum atomic E-state index is -0.466. The molecule has 0 aliphatic carbocycles. The maximum absolute atomic E-state index is 12.4. The van der Waals surface area contributed by atoms with E-state index in [1.54, 1.807) is 30.3 Å². The van der Waals surface area contributed by atoms with Gasteiger partial charge in [0.15, 0.2) is 0 Å². The summed E-state index contributed by atoms with van der Waals surface area (Å²) >= 11 is 0. The topological polar surface area (TPSA) is 59.6 Å². The number of para-hydroxylation sites is 2. The number of benzene rings is 3. The van der Waals surface area contributed by atoms with Gasteiger partial charge in [-0.25, -0.2) is 0 Å². The van der Waals surface area contributed by atoms with Gasteiger partial charge in [-0.2, -0.15) is 0 Å². The van der Waals surface area contributed by atoms with Gasteiger partial charge in [-0.3, -0.25) is 4.79 Å². The summed E-state index contributed by atoms with van der Waals surface area (Å²) in [6.07, 6.45) is -0.414. The van der Waals surface area contributed by atoms with Gasteiger partial charge in [-0.1, -0.05) is 42.4 Å². The van der Waals surface area contributed by atoms with Crippen molar-refractivity contribution < 1.29 is 21.1 Å². The van der Waals surface area contributed by atoms with E-state index in [1.165, 1.54) is 0 Å². The lowest BCUT2D eigenvalue weighted by molar-refractivity contribution is 0.0935. The van der Waals surface area contributed by atoms with Crippen LogP contribution >= 0.6 is 0 Å². The number of rotatable bonds is 6. The second kappa shape index (κ2) is 7.83. The number of hydrogen-bond acceptors (Lipinski definition) is 4. The Morgan fingerprint density at radius 3 is 2.52 bits per heavy atom. The third kappa shape index (κ3) is 4.03. The highest BCUT2D eigenvalue weighted by molar-refractivity contribution is 6.01. The first-order valence-corrected chi connectivity index (χ1v) is 8.45. The third-order valence-corrected chi connectivity index (χ3v) is 4.01. The van der Waals surface area contributed by atoms with Crippen molar-refractivity contribution in [1.29, 1.82) is 0 Å². The summed E-state index contributed by atoms with van der Waals surface area (Å²) in [5, 5.41) is 6.19. The maximum atomic E-state index is 12.4. The Kier molecular flexibility index (Phi) is 3.48. The number of carbonyl (C=O) groups excluding carboxylic acids is 1. The van der Waals surface area contributed by atoms with E-state index in [0.717, 1.165) is 11.3 Å². The average Bonchev–Trinajstić information content (AvgIpc) is 2.81. The van der Waals surface area contributed by atoms with E-state index >= 15 is 0 Å². The maximum Gasteiger partial charge on any atom is 0.255 e. The standard InChI is InChI=1S/C22H20N2O3/c25-22-19-11-4-5-12-20(19)23-21(24-22)16-7-6-10-18(15-16)27-14-13-26-17-8-2-1-3-9-17/h1-12,15,21,23H,13-14H2,(H,24,25)/i1D,2D,3D,8D,9D. The molecular weight excluding hydrogens is 340 g/mol. The van der Waals surface area contributed by atoms with Crippen LogP contribution in [-0.4, -0.2) is 19.1 Å². The average molecular weight is 365 g/mol. The second-order valence-corrected chi connectivity index (χ2v) is 5.82. The van der Waals surface area contributed by atoms with Crippen LogP contribution < -0.4 is 20.1 Å². The van der Waals surface area contributed by atoms with Gasteiger partial charge in [0.05, 0.1) is 12.4 Å². The molecule has 0 bridgehead atoms. The third-order valence-electron chi connectivity index (χ3n) is 4.01. The number of fused-ring (bicyclic) bond motifs is 1. The molecule has 0 saturated carbocycles. The first-order chi connectivity index (χ1) is 15.4. The highest BCUT2D eigenvalue weighted by Gasteiger charge is 2.24. The van der Waals surface area contributed by atoms with Crippen molar-refractivity contribution in [3.05, 3.63) is 89.9 Å². The predicted molar refractivity (Wildman–Crippen MR) is 104 cm³/mol. The summed E-state index contributed by atoms with van der Waals surface area (Å²) in [5.74, 6) is 0.172. The Morgan fingerprint density at radius 2 is 1.67 bits per heavy atom. The molecule has 0 spiro atoms. The fraction of sp³-hybridized carbons (Fsp3) is 0.136. The van der Waals surface area contributed by atoms with E-state index in [0.29, 0.717) is 11.3 Å². The molecule has 0 aromatic heterocycles. The van der Waals surface area contributed by atoms with Crippen molar-refractivity contribution in [2.75, 3.05) is 18.5 Å². The van der Waals surface area contributed by atoms with Crippen molar-refractivity contribution in [3.63, 3.8) is 0 Å². The predicted octanol–water partition coefficient (Wildman–Crippen LogP) is 4.00. The van der Waals surface area contributed by atoms with Crippen LogP contribution in [-0.2, 0) is 0 Å². The zero-order valence-corrected chi connectivity index (χ0v) is 14.3. The molecule has 5 nitrogen and oxygen atoms in total. The molecule has 1 unspecified atom stereocenters. The van der Waals surface area contributed by atoms with E-state index < -0.39 is 36.4 Å². The largest absolute Gasteiger partial charge is 0.490 e. The lowest BCUT2D eigenvalue weighted by Crippen LogP contribution is -2.38. The van der Waals surface area contributed by atoms with Crippen LogP contribution in [0.4, 0.5) is 5.69 Å². The number of hydrogen-bond donors (Lipinski definition) is 2. The first kappa shape index (κ1) is 12.0. The summed E-state index contributed by atoms with van der Waals surface area (Å²) in [4.78, 5) is 12.4. The van der Waals surface area contributed by atoms with Crippen molar-refractivity contribution in [2.24, 2.45) is 0 Å². The van der Waals surface area contributed by atoms with Crippen LogP contribution in [0.1, 0.15) is 28.9 Å². The quantitative estimate of drug-likeness (QED) is 0.648. The molecule has 136 valence electrons. The molecule has 1 amide bonds. The minimum absolute atomic E-state index is 0.00992. The number of amides is 1. The minimum Gasteiger partial charge on any atom is -0.490 e. The summed E-state index contributed by atoms with van der Waals surface area (Å²) in [6, 6.07) is 12.3. The highest BCUT2D eigenvalue weighted by atomic mass is 16.5. The Hall–Kier alpha value is -3.47. The van der Waals surface area contributed by atoms with E-state index in [-0.39, 0.29) is 24.9 Å². The molecule has 2 N–H and O–H groups in total. The van der Waals surface area contributed by atoms with Crippen molar-refractivity contribution in [3.8, 4) is 11.5 Å². The molecule has 27 heavy (non-hydrogen) atoms. The molecule has 1 aliphatic rings. The SMILES string of the molecule is [2H]c1c([2H])c([2H])c(OCCOc2cccc(C3NC(=O)c4ccccc4N3)c2)c([2H])c1[2H]. The smallest absolute Gasteiger partial charge is 0.255 e. The van der Waals surface area contributed by atoms with Crippen molar-refractivity contribution >= 4 is 11.6 Å². The molecule has 1 aliphatic heterocycles. The van der Waals surface area contributed by atoms with Gasteiger partial charge in [-0.15, -0.1) is 0 Å². The lowest BCUT2D eigenvalue weighted by atomic mass is 10.1.